The fourth-order valence-electron chi connectivity index (χ4n) is 0.188. The first kappa shape index (κ1) is 8.07. The van der Waals surface area contributed by atoms with Crippen LogP contribution in [0.3, 0.4) is 0 Å². The number of rotatable bonds is 2. The van der Waals surface area contributed by atoms with Gasteiger partial charge in [0.15, 0.2) is 0 Å². The summed E-state index contributed by atoms with van der Waals surface area (Å²) in [4.78, 5) is 9.98. The molecule has 0 amide bonds. The van der Waals surface area contributed by atoms with Gasteiger partial charge in [0.1, 0.15) is 5.54 Å². The Morgan fingerprint density at radius 1 is 1.56 bits per heavy atom. The van der Waals surface area contributed by atoms with Crippen LogP contribution in [-0.2, 0) is 0 Å². The highest BCUT2D eigenvalue weighted by atomic mass is 16.4. The number of nitrogens with zero attached hydrogens (tertiary/aromatic N) is 2. The quantitative estimate of drug-likeness (QED) is 0.265. The lowest BCUT2D eigenvalue weighted by atomic mass is 10.0. The maximum absolute atomic E-state index is 9.98. The van der Waals surface area contributed by atoms with Gasteiger partial charge in [-0.15, -0.1) is 4.91 Å². The van der Waals surface area contributed by atoms with E-state index in [2.05, 4.69) is 10.3 Å². The van der Waals surface area contributed by atoms with Crippen molar-refractivity contribution in [2.75, 3.05) is 0 Å². The van der Waals surface area contributed by atoms with Crippen molar-refractivity contribution in [1.82, 2.24) is 0 Å². The number of nitroso groups, excluding NO2 is 1. The summed E-state index contributed by atoms with van der Waals surface area (Å²) >= 11 is 0. The number of oxime groups is 1. The van der Waals surface area contributed by atoms with Gasteiger partial charge in [-0.2, -0.15) is 0 Å². The van der Waals surface area contributed by atoms with Gasteiger partial charge in [0.2, 0.25) is 0 Å². The SMILES string of the molecule is CC(=NO)C(C)(C)N=O. The van der Waals surface area contributed by atoms with Gasteiger partial charge >= 0.3 is 0 Å². The molecule has 0 radical (unpaired) electrons. The minimum absolute atomic E-state index is 0.317. The summed E-state index contributed by atoms with van der Waals surface area (Å²) in [5.41, 5.74) is -0.563. The van der Waals surface area contributed by atoms with E-state index in [1.54, 1.807) is 20.8 Å². The summed E-state index contributed by atoms with van der Waals surface area (Å²) in [6, 6.07) is 0. The van der Waals surface area contributed by atoms with Gasteiger partial charge in [0.25, 0.3) is 0 Å². The minimum Gasteiger partial charge on any atom is -0.411 e. The zero-order chi connectivity index (χ0) is 7.49. The Bertz CT molecular complexity index is 140. The Balaban J connectivity index is 4.32. The fourth-order valence-corrected chi connectivity index (χ4v) is 0.188. The van der Waals surface area contributed by atoms with Crippen molar-refractivity contribution >= 4 is 5.71 Å². The predicted octanol–water partition coefficient (Wildman–Crippen LogP) is 1.38. The molecule has 1 N–H and O–H groups in total. The van der Waals surface area contributed by atoms with Crippen LogP contribution in [-0.4, -0.2) is 16.5 Å². The molecule has 0 saturated carbocycles. The topological polar surface area (TPSA) is 62.0 Å². The van der Waals surface area contributed by atoms with E-state index in [0.29, 0.717) is 5.71 Å². The molecule has 0 aromatic carbocycles. The van der Waals surface area contributed by atoms with Crippen LogP contribution in [0.1, 0.15) is 20.8 Å². The molecular weight excluding hydrogens is 120 g/mol. The van der Waals surface area contributed by atoms with E-state index in [4.69, 9.17) is 5.21 Å². The Labute approximate surface area is 53.5 Å². The van der Waals surface area contributed by atoms with Gasteiger partial charge in [-0.1, -0.05) is 10.3 Å². The maximum atomic E-state index is 9.98. The molecule has 0 heterocycles. The summed E-state index contributed by atoms with van der Waals surface area (Å²) in [5, 5.41) is 13.8. The van der Waals surface area contributed by atoms with Gasteiger partial charge < -0.3 is 5.21 Å². The Hall–Kier alpha value is -0.930. The molecule has 9 heavy (non-hydrogen) atoms. The summed E-state index contributed by atoms with van der Waals surface area (Å²) in [6.07, 6.45) is 0. The molecule has 0 aliphatic heterocycles. The van der Waals surface area contributed by atoms with Gasteiger partial charge in [0, 0.05) is 0 Å². The molecule has 0 spiro atoms. The van der Waals surface area contributed by atoms with Crippen LogP contribution in [0.2, 0.25) is 0 Å². The third-order valence-electron chi connectivity index (χ3n) is 1.26. The van der Waals surface area contributed by atoms with E-state index in [0.717, 1.165) is 0 Å². The van der Waals surface area contributed by atoms with Crippen LogP contribution in [0.25, 0.3) is 0 Å². The van der Waals surface area contributed by atoms with Gasteiger partial charge in [-0.25, -0.2) is 0 Å². The second-order valence-corrected chi connectivity index (χ2v) is 2.34. The van der Waals surface area contributed by atoms with Crippen molar-refractivity contribution < 1.29 is 5.21 Å². The fraction of sp³-hybridized carbons (Fsp3) is 0.800. The molecule has 0 saturated heterocycles. The highest BCUT2D eigenvalue weighted by Crippen LogP contribution is 2.09. The average molecular weight is 130 g/mol. The van der Waals surface area contributed by atoms with Crippen molar-refractivity contribution in [1.29, 1.82) is 0 Å². The highest BCUT2D eigenvalue weighted by molar-refractivity contribution is 5.90. The Morgan fingerprint density at radius 2 is 2.00 bits per heavy atom. The zero-order valence-electron chi connectivity index (χ0n) is 5.75. The van der Waals surface area contributed by atoms with Crippen LogP contribution in [0.4, 0.5) is 0 Å². The van der Waals surface area contributed by atoms with Gasteiger partial charge in [-0.05, 0) is 20.8 Å². The van der Waals surface area contributed by atoms with E-state index >= 15 is 0 Å². The lowest BCUT2D eigenvalue weighted by Gasteiger charge is -2.11. The second-order valence-electron chi connectivity index (χ2n) is 2.34. The minimum atomic E-state index is -0.880. The lowest BCUT2D eigenvalue weighted by Crippen LogP contribution is -2.25. The molecular formula is C5H10N2O2. The van der Waals surface area contributed by atoms with Crippen molar-refractivity contribution in [3.63, 3.8) is 0 Å². The Kier molecular flexibility index (Phi) is 2.30. The molecule has 0 rings (SSSR count). The number of hydrogen-bond donors (Lipinski definition) is 1. The van der Waals surface area contributed by atoms with E-state index in [-0.39, 0.29) is 0 Å². The van der Waals surface area contributed by atoms with Crippen LogP contribution in [0.15, 0.2) is 10.3 Å². The first-order chi connectivity index (χ1) is 4.04. The zero-order valence-corrected chi connectivity index (χ0v) is 5.75. The largest absolute Gasteiger partial charge is 0.411 e. The highest BCUT2D eigenvalue weighted by Gasteiger charge is 2.22. The first-order valence-corrected chi connectivity index (χ1v) is 2.58. The van der Waals surface area contributed by atoms with Crippen molar-refractivity contribution in [2.24, 2.45) is 10.3 Å². The van der Waals surface area contributed by atoms with E-state index < -0.39 is 5.54 Å². The van der Waals surface area contributed by atoms with Crippen LogP contribution in [0.5, 0.6) is 0 Å². The first-order valence-electron chi connectivity index (χ1n) is 2.58. The second kappa shape index (κ2) is 2.57. The number of hydrogen-bond acceptors (Lipinski definition) is 4. The standard InChI is InChI=1S/C5H10N2O2/c1-4(6-8)5(2,3)7-9/h8H,1-3H3. The third kappa shape index (κ3) is 1.79. The molecule has 52 valence electrons. The summed E-state index contributed by atoms with van der Waals surface area (Å²) in [5.74, 6) is 0. The summed E-state index contributed by atoms with van der Waals surface area (Å²) in [7, 11) is 0. The summed E-state index contributed by atoms with van der Waals surface area (Å²) < 4.78 is 0. The molecule has 0 bridgehead atoms. The predicted molar refractivity (Wildman–Crippen MR) is 34.8 cm³/mol. The van der Waals surface area contributed by atoms with E-state index in [1.165, 1.54) is 0 Å². The average Bonchev–Trinajstić information content (AvgIpc) is 1.86. The van der Waals surface area contributed by atoms with E-state index in [1.807, 2.05) is 0 Å². The molecule has 0 aromatic heterocycles. The molecule has 4 heteroatoms. The smallest absolute Gasteiger partial charge is 0.138 e. The van der Waals surface area contributed by atoms with Crippen LogP contribution in [0, 0.1) is 4.91 Å². The maximum Gasteiger partial charge on any atom is 0.138 e. The van der Waals surface area contributed by atoms with Gasteiger partial charge in [0.05, 0.1) is 5.71 Å². The van der Waals surface area contributed by atoms with Crippen molar-refractivity contribution in [2.45, 2.75) is 26.3 Å². The van der Waals surface area contributed by atoms with E-state index in [9.17, 15) is 4.91 Å². The molecule has 0 unspecified atom stereocenters. The lowest BCUT2D eigenvalue weighted by molar-refractivity contribution is 0.314. The molecule has 4 nitrogen and oxygen atoms in total. The van der Waals surface area contributed by atoms with Crippen molar-refractivity contribution in [3.05, 3.63) is 4.91 Å². The molecule has 0 aromatic rings. The van der Waals surface area contributed by atoms with Crippen LogP contribution < -0.4 is 0 Å². The van der Waals surface area contributed by atoms with Gasteiger partial charge in [-0.3, -0.25) is 0 Å². The Morgan fingerprint density at radius 3 is 2.11 bits per heavy atom. The molecule has 0 aliphatic rings. The molecule has 0 atom stereocenters. The molecule has 0 aliphatic carbocycles. The monoisotopic (exact) mass is 130 g/mol. The third-order valence-corrected chi connectivity index (χ3v) is 1.26. The van der Waals surface area contributed by atoms with Crippen LogP contribution >= 0.6 is 0 Å². The van der Waals surface area contributed by atoms with Crippen molar-refractivity contribution in [3.8, 4) is 0 Å². The molecule has 0 fully saturated rings. The summed E-state index contributed by atoms with van der Waals surface area (Å²) in [6.45, 7) is 4.70. The normalized spacial score (nSPS) is 13.4.